The fourth-order valence-electron chi connectivity index (χ4n) is 2.18. The fraction of sp³-hybridized carbons (Fsp3) is 0.222. The van der Waals surface area contributed by atoms with Crippen molar-refractivity contribution in [3.05, 3.63) is 53.8 Å². The lowest BCUT2D eigenvalue weighted by molar-refractivity contribution is -0.136. The first-order valence-electron chi connectivity index (χ1n) is 7.59. The van der Waals surface area contributed by atoms with Gasteiger partial charge in [-0.3, -0.25) is 9.59 Å². The molecule has 2 N–H and O–H groups in total. The summed E-state index contributed by atoms with van der Waals surface area (Å²) in [6, 6.07) is 11.1. The van der Waals surface area contributed by atoms with Gasteiger partial charge >= 0.3 is 11.8 Å². The molecule has 0 aliphatic carbocycles. The van der Waals surface area contributed by atoms with Crippen molar-refractivity contribution in [2.45, 2.75) is 6.42 Å². The smallest absolute Gasteiger partial charge is 0.313 e. The molecule has 0 spiro atoms. The number of ether oxygens (including phenoxy) is 2. The van der Waals surface area contributed by atoms with Crippen LogP contribution in [-0.4, -0.2) is 32.6 Å². The number of hydrogen-bond donors (Lipinski definition) is 2. The zero-order valence-corrected chi connectivity index (χ0v) is 14.0. The van der Waals surface area contributed by atoms with Gasteiger partial charge in [-0.15, -0.1) is 0 Å². The third-order valence-corrected chi connectivity index (χ3v) is 3.50. The summed E-state index contributed by atoms with van der Waals surface area (Å²) in [4.78, 5) is 23.9. The van der Waals surface area contributed by atoms with E-state index in [9.17, 15) is 14.0 Å². The molecule has 2 rings (SSSR count). The van der Waals surface area contributed by atoms with Gasteiger partial charge in [0.1, 0.15) is 17.3 Å². The van der Waals surface area contributed by atoms with E-state index in [1.54, 1.807) is 36.4 Å². The Hall–Kier alpha value is -3.09. The maximum absolute atomic E-state index is 13.5. The lowest BCUT2D eigenvalue weighted by Gasteiger charge is -2.11. The number of rotatable bonds is 6. The topological polar surface area (TPSA) is 76.7 Å². The molecule has 2 amide bonds. The van der Waals surface area contributed by atoms with Crippen LogP contribution in [0.5, 0.6) is 11.5 Å². The average Bonchev–Trinajstić information content (AvgIpc) is 2.63. The number of methoxy groups -OCH3 is 2. The molecule has 2 aromatic rings. The Balaban J connectivity index is 1.92. The highest BCUT2D eigenvalue weighted by atomic mass is 19.1. The Bertz CT molecular complexity index is 764. The minimum atomic E-state index is -0.847. The predicted octanol–water partition coefficient (Wildman–Crippen LogP) is 2.14. The monoisotopic (exact) mass is 346 g/mol. The van der Waals surface area contributed by atoms with Gasteiger partial charge in [-0.1, -0.05) is 18.2 Å². The van der Waals surface area contributed by atoms with E-state index in [1.807, 2.05) is 0 Å². The third-order valence-electron chi connectivity index (χ3n) is 3.50. The largest absolute Gasteiger partial charge is 0.497 e. The van der Waals surface area contributed by atoms with Gasteiger partial charge in [0.2, 0.25) is 0 Å². The molecule has 0 bridgehead atoms. The number of anilines is 1. The Morgan fingerprint density at radius 2 is 1.80 bits per heavy atom. The fourth-order valence-corrected chi connectivity index (χ4v) is 2.18. The first-order chi connectivity index (χ1) is 12.0. The summed E-state index contributed by atoms with van der Waals surface area (Å²) in [7, 11) is 2.94. The summed E-state index contributed by atoms with van der Waals surface area (Å²) in [5.74, 6) is -1.10. The van der Waals surface area contributed by atoms with Crippen molar-refractivity contribution in [1.82, 2.24) is 5.32 Å². The second-order valence-corrected chi connectivity index (χ2v) is 5.12. The SMILES string of the molecule is COc1ccc(OC)c(NC(=O)C(=O)NCCc2ccccc2F)c1. The lowest BCUT2D eigenvalue weighted by Crippen LogP contribution is -2.36. The predicted molar refractivity (Wildman–Crippen MR) is 91.3 cm³/mol. The Kier molecular flexibility index (Phi) is 6.33. The normalized spacial score (nSPS) is 10.0. The molecule has 6 nitrogen and oxygen atoms in total. The second kappa shape index (κ2) is 8.68. The number of amides is 2. The molecule has 0 atom stereocenters. The van der Waals surface area contributed by atoms with Gasteiger partial charge in [-0.2, -0.15) is 0 Å². The van der Waals surface area contributed by atoms with Crippen molar-refractivity contribution < 1.29 is 23.5 Å². The van der Waals surface area contributed by atoms with Crippen LogP contribution in [0.3, 0.4) is 0 Å². The molecule has 2 aromatic carbocycles. The number of halogens is 1. The van der Waals surface area contributed by atoms with Crippen molar-refractivity contribution >= 4 is 17.5 Å². The maximum Gasteiger partial charge on any atom is 0.313 e. The molecule has 0 aliphatic heterocycles. The molecule has 0 fully saturated rings. The number of carbonyl (C=O) groups is 2. The van der Waals surface area contributed by atoms with Gasteiger partial charge in [0.25, 0.3) is 0 Å². The van der Waals surface area contributed by atoms with Crippen molar-refractivity contribution in [3.8, 4) is 11.5 Å². The molecule has 0 saturated carbocycles. The Morgan fingerprint density at radius 1 is 1.04 bits per heavy atom. The van der Waals surface area contributed by atoms with E-state index in [0.717, 1.165) is 0 Å². The van der Waals surface area contributed by atoms with Crippen LogP contribution in [0.2, 0.25) is 0 Å². The van der Waals surface area contributed by atoms with Crippen LogP contribution < -0.4 is 20.1 Å². The highest BCUT2D eigenvalue weighted by Crippen LogP contribution is 2.28. The summed E-state index contributed by atoms with van der Waals surface area (Å²) in [5, 5.41) is 4.92. The Morgan fingerprint density at radius 3 is 2.48 bits per heavy atom. The van der Waals surface area contributed by atoms with E-state index in [-0.39, 0.29) is 18.8 Å². The number of carbonyl (C=O) groups excluding carboxylic acids is 2. The van der Waals surface area contributed by atoms with Gasteiger partial charge in [-0.25, -0.2) is 4.39 Å². The first-order valence-corrected chi connectivity index (χ1v) is 7.59. The van der Waals surface area contributed by atoms with Gasteiger partial charge in [-0.05, 0) is 30.2 Å². The summed E-state index contributed by atoms with van der Waals surface area (Å²) in [5.41, 5.74) is 0.786. The Labute approximate surface area is 144 Å². The summed E-state index contributed by atoms with van der Waals surface area (Å²) in [6.07, 6.45) is 0.286. The van der Waals surface area contributed by atoms with Gasteiger partial charge in [0.15, 0.2) is 0 Å². The summed E-state index contributed by atoms with van der Waals surface area (Å²) in [6.45, 7) is 0.141. The minimum absolute atomic E-state index is 0.141. The average molecular weight is 346 g/mol. The lowest BCUT2D eigenvalue weighted by atomic mass is 10.1. The molecule has 25 heavy (non-hydrogen) atoms. The maximum atomic E-state index is 13.5. The van der Waals surface area contributed by atoms with Crippen molar-refractivity contribution in [2.24, 2.45) is 0 Å². The van der Waals surface area contributed by atoms with E-state index in [0.29, 0.717) is 22.7 Å². The van der Waals surface area contributed by atoms with Gasteiger partial charge in [0, 0.05) is 12.6 Å². The molecule has 0 aliphatic rings. The molecule has 0 heterocycles. The quantitative estimate of drug-likeness (QED) is 0.786. The summed E-state index contributed by atoms with van der Waals surface area (Å²) >= 11 is 0. The molecule has 132 valence electrons. The number of benzene rings is 2. The molecule has 7 heteroatoms. The van der Waals surface area contributed by atoms with Crippen LogP contribution in [-0.2, 0) is 16.0 Å². The van der Waals surface area contributed by atoms with Crippen molar-refractivity contribution in [3.63, 3.8) is 0 Å². The zero-order valence-electron chi connectivity index (χ0n) is 14.0. The minimum Gasteiger partial charge on any atom is -0.497 e. The standard InChI is InChI=1S/C18H19FN2O4/c1-24-13-7-8-16(25-2)15(11-13)21-18(23)17(22)20-10-9-12-5-3-4-6-14(12)19/h3-8,11H,9-10H2,1-2H3,(H,20,22)(H,21,23). The van der Waals surface area contributed by atoms with E-state index < -0.39 is 11.8 Å². The molecule has 0 radical (unpaired) electrons. The van der Waals surface area contributed by atoms with Crippen molar-refractivity contribution in [1.29, 1.82) is 0 Å². The van der Waals surface area contributed by atoms with E-state index in [2.05, 4.69) is 10.6 Å². The zero-order chi connectivity index (χ0) is 18.2. The third kappa shape index (κ3) is 4.94. The highest BCUT2D eigenvalue weighted by Gasteiger charge is 2.16. The first kappa shape index (κ1) is 18.3. The molecule has 0 aromatic heterocycles. The van der Waals surface area contributed by atoms with Crippen LogP contribution in [0.25, 0.3) is 0 Å². The van der Waals surface area contributed by atoms with Gasteiger partial charge < -0.3 is 20.1 Å². The van der Waals surface area contributed by atoms with Crippen LogP contribution in [0, 0.1) is 5.82 Å². The summed E-state index contributed by atoms with van der Waals surface area (Å²) < 4.78 is 23.7. The highest BCUT2D eigenvalue weighted by molar-refractivity contribution is 6.39. The van der Waals surface area contributed by atoms with Crippen LogP contribution in [0.15, 0.2) is 42.5 Å². The molecular formula is C18H19FN2O4. The van der Waals surface area contributed by atoms with Crippen LogP contribution >= 0.6 is 0 Å². The van der Waals surface area contributed by atoms with Crippen LogP contribution in [0.1, 0.15) is 5.56 Å². The van der Waals surface area contributed by atoms with E-state index in [4.69, 9.17) is 9.47 Å². The van der Waals surface area contributed by atoms with Gasteiger partial charge in [0.05, 0.1) is 19.9 Å². The van der Waals surface area contributed by atoms with Crippen molar-refractivity contribution in [2.75, 3.05) is 26.1 Å². The number of nitrogens with one attached hydrogen (secondary N) is 2. The second-order valence-electron chi connectivity index (χ2n) is 5.12. The number of hydrogen-bond acceptors (Lipinski definition) is 4. The van der Waals surface area contributed by atoms with E-state index in [1.165, 1.54) is 20.3 Å². The molecular weight excluding hydrogens is 327 g/mol. The van der Waals surface area contributed by atoms with Crippen LogP contribution in [0.4, 0.5) is 10.1 Å². The molecule has 0 unspecified atom stereocenters. The van der Waals surface area contributed by atoms with E-state index >= 15 is 0 Å². The molecule has 0 saturated heterocycles.